The van der Waals surface area contributed by atoms with E-state index in [1.165, 1.54) is 0 Å². The van der Waals surface area contributed by atoms with Crippen LogP contribution in [0.2, 0.25) is 10.0 Å². The largest absolute Gasteiger partial charge is 0.489 e. The molecule has 1 aromatic rings. The zero-order valence-electron chi connectivity index (χ0n) is 9.40. The first-order valence-corrected chi connectivity index (χ1v) is 6.61. The Bertz CT molecular complexity index is 348. The second kappa shape index (κ2) is 6.58. The summed E-state index contributed by atoms with van der Waals surface area (Å²) in [6.45, 7) is 4.16. The third-order valence-corrected chi connectivity index (χ3v) is 3.21. The molecule has 0 aliphatic heterocycles. The van der Waals surface area contributed by atoms with Gasteiger partial charge in [-0.1, -0.05) is 37.0 Å². The van der Waals surface area contributed by atoms with E-state index >= 15 is 0 Å². The highest BCUT2D eigenvalue weighted by atomic mass is 35.5. The average Bonchev–Trinajstić information content (AvgIpc) is 2.27. The Morgan fingerprint density at radius 3 is 2.31 bits per heavy atom. The summed E-state index contributed by atoms with van der Waals surface area (Å²) in [6, 6.07) is 3.47. The highest BCUT2D eigenvalue weighted by Gasteiger charge is 2.13. The van der Waals surface area contributed by atoms with E-state index in [1.54, 1.807) is 12.1 Å². The molecule has 0 aromatic heterocycles. The molecule has 4 heteroatoms. The van der Waals surface area contributed by atoms with Crippen molar-refractivity contribution in [3.63, 3.8) is 0 Å². The van der Waals surface area contributed by atoms with E-state index in [0.29, 0.717) is 21.7 Å². The van der Waals surface area contributed by atoms with E-state index in [0.717, 1.165) is 18.4 Å². The Labute approximate surface area is 112 Å². The quantitative estimate of drug-likeness (QED) is 0.666. The van der Waals surface area contributed by atoms with Gasteiger partial charge in [-0.05, 0) is 25.0 Å². The summed E-state index contributed by atoms with van der Waals surface area (Å²) < 4.78 is 5.85. The maximum atomic E-state index is 6.10. The van der Waals surface area contributed by atoms with Gasteiger partial charge < -0.3 is 4.74 Å². The van der Waals surface area contributed by atoms with Gasteiger partial charge in [-0.2, -0.15) is 0 Å². The molecule has 0 amide bonds. The van der Waals surface area contributed by atoms with Crippen LogP contribution >= 0.6 is 34.8 Å². The Balaban J connectivity index is 3.01. The van der Waals surface area contributed by atoms with Gasteiger partial charge in [0.15, 0.2) is 0 Å². The van der Waals surface area contributed by atoms with Gasteiger partial charge in [0, 0.05) is 10.6 Å². The van der Waals surface area contributed by atoms with Crippen molar-refractivity contribution in [1.29, 1.82) is 0 Å². The molecule has 90 valence electrons. The van der Waals surface area contributed by atoms with Crippen LogP contribution in [-0.4, -0.2) is 6.10 Å². The van der Waals surface area contributed by atoms with Crippen molar-refractivity contribution in [2.75, 3.05) is 0 Å². The van der Waals surface area contributed by atoms with Gasteiger partial charge >= 0.3 is 0 Å². The van der Waals surface area contributed by atoms with Crippen LogP contribution in [0.5, 0.6) is 5.75 Å². The molecule has 1 rings (SSSR count). The van der Waals surface area contributed by atoms with Crippen LogP contribution in [-0.2, 0) is 5.88 Å². The van der Waals surface area contributed by atoms with E-state index in [1.807, 2.05) is 0 Å². The fourth-order valence-electron chi connectivity index (χ4n) is 1.47. The van der Waals surface area contributed by atoms with E-state index in [2.05, 4.69) is 13.8 Å². The Kier molecular flexibility index (Phi) is 5.74. The van der Waals surface area contributed by atoms with Crippen molar-refractivity contribution >= 4 is 34.8 Å². The molecule has 0 bridgehead atoms. The predicted octanol–water partition coefficient (Wildman–Crippen LogP) is 5.30. The SMILES string of the molecule is CCC(CC)Oc1c(Cl)cc(Cl)cc1CCl. The van der Waals surface area contributed by atoms with E-state index in [4.69, 9.17) is 39.5 Å². The van der Waals surface area contributed by atoms with Crippen LogP contribution < -0.4 is 4.74 Å². The summed E-state index contributed by atoms with van der Waals surface area (Å²) in [5.74, 6) is 1.00. The number of rotatable bonds is 5. The molecule has 0 saturated heterocycles. The Hall–Kier alpha value is -0.110. The molecule has 0 unspecified atom stereocenters. The Morgan fingerprint density at radius 2 is 1.81 bits per heavy atom. The average molecular weight is 282 g/mol. The summed E-state index contributed by atoms with van der Waals surface area (Å²) >= 11 is 17.9. The molecule has 1 aromatic carbocycles. The number of ether oxygens (including phenoxy) is 1. The number of hydrogen-bond donors (Lipinski definition) is 0. The number of benzene rings is 1. The van der Waals surface area contributed by atoms with Crippen molar-refractivity contribution in [3.05, 3.63) is 27.7 Å². The fraction of sp³-hybridized carbons (Fsp3) is 0.500. The minimum Gasteiger partial charge on any atom is -0.489 e. The van der Waals surface area contributed by atoms with Gasteiger partial charge in [-0.15, -0.1) is 11.6 Å². The van der Waals surface area contributed by atoms with E-state index in [9.17, 15) is 0 Å². The van der Waals surface area contributed by atoms with Crippen LogP contribution in [0, 0.1) is 0 Å². The maximum absolute atomic E-state index is 6.10. The van der Waals surface area contributed by atoms with Crippen molar-refractivity contribution < 1.29 is 4.74 Å². The molecule has 0 aliphatic rings. The number of hydrogen-bond acceptors (Lipinski definition) is 1. The van der Waals surface area contributed by atoms with Crippen LogP contribution in [0.25, 0.3) is 0 Å². The van der Waals surface area contributed by atoms with Gasteiger partial charge in [-0.3, -0.25) is 0 Å². The van der Waals surface area contributed by atoms with Crippen molar-refractivity contribution in [2.24, 2.45) is 0 Å². The first-order valence-electron chi connectivity index (χ1n) is 5.32. The van der Waals surface area contributed by atoms with Crippen LogP contribution in [0.15, 0.2) is 12.1 Å². The van der Waals surface area contributed by atoms with Gasteiger partial charge in [0.25, 0.3) is 0 Å². The van der Waals surface area contributed by atoms with Crippen molar-refractivity contribution in [2.45, 2.75) is 38.7 Å². The lowest BCUT2D eigenvalue weighted by Crippen LogP contribution is -2.14. The lowest BCUT2D eigenvalue weighted by Gasteiger charge is -2.19. The number of alkyl halides is 1. The summed E-state index contributed by atoms with van der Waals surface area (Å²) in [6.07, 6.45) is 2.05. The molecule has 0 radical (unpaired) electrons. The lowest BCUT2D eigenvalue weighted by atomic mass is 10.2. The maximum Gasteiger partial charge on any atom is 0.142 e. The Morgan fingerprint density at radius 1 is 1.19 bits per heavy atom. The lowest BCUT2D eigenvalue weighted by molar-refractivity contribution is 0.191. The molecule has 0 saturated carbocycles. The predicted molar refractivity (Wildman–Crippen MR) is 71.0 cm³/mol. The summed E-state index contributed by atoms with van der Waals surface area (Å²) in [5.41, 5.74) is 0.839. The third-order valence-electron chi connectivity index (χ3n) is 2.42. The van der Waals surface area contributed by atoms with Gasteiger partial charge in [-0.25, -0.2) is 0 Å². The zero-order valence-corrected chi connectivity index (χ0v) is 11.7. The molecule has 0 aliphatic carbocycles. The zero-order chi connectivity index (χ0) is 12.1. The van der Waals surface area contributed by atoms with Gasteiger partial charge in [0.1, 0.15) is 5.75 Å². The summed E-state index contributed by atoms with van der Waals surface area (Å²) in [4.78, 5) is 0. The molecule has 0 fully saturated rings. The van der Waals surface area contributed by atoms with Gasteiger partial charge in [0.2, 0.25) is 0 Å². The highest BCUT2D eigenvalue weighted by molar-refractivity contribution is 6.36. The molecule has 0 heterocycles. The second-order valence-corrected chi connectivity index (χ2v) is 4.68. The summed E-state index contributed by atoms with van der Waals surface area (Å²) in [7, 11) is 0. The molecule has 0 spiro atoms. The molecule has 16 heavy (non-hydrogen) atoms. The first-order chi connectivity index (χ1) is 7.62. The van der Waals surface area contributed by atoms with E-state index < -0.39 is 0 Å². The first kappa shape index (κ1) is 14.0. The monoisotopic (exact) mass is 280 g/mol. The smallest absolute Gasteiger partial charge is 0.142 e. The summed E-state index contributed by atoms with van der Waals surface area (Å²) in [5, 5.41) is 1.10. The van der Waals surface area contributed by atoms with Crippen LogP contribution in [0.1, 0.15) is 32.3 Å². The fourth-order valence-corrected chi connectivity index (χ4v) is 2.25. The minimum atomic E-state index is 0.167. The standard InChI is InChI=1S/C12H15Cl3O/c1-3-10(4-2)16-12-8(7-13)5-9(14)6-11(12)15/h5-6,10H,3-4,7H2,1-2H3. The highest BCUT2D eigenvalue weighted by Crippen LogP contribution is 2.34. The molecule has 0 N–H and O–H groups in total. The third kappa shape index (κ3) is 3.44. The van der Waals surface area contributed by atoms with Crippen molar-refractivity contribution in [1.82, 2.24) is 0 Å². The topological polar surface area (TPSA) is 9.23 Å². The molecule has 0 atom stereocenters. The van der Waals surface area contributed by atoms with Crippen LogP contribution in [0.3, 0.4) is 0 Å². The van der Waals surface area contributed by atoms with Crippen molar-refractivity contribution in [3.8, 4) is 5.75 Å². The molecule has 1 nitrogen and oxygen atoms in total. The number of halogens is 3. The normalized spacial score (nSPS) is 10.9. The van der Waals surface area contributed by atoms with Crippen LogP contribution in [0.4, 0.5) is 0 Å². The van der Waals surface area contributed by atoms with E-state index in [-0.39, 0.29) is 6.10 Å². The molecular formula is C12H15Cl3O. The second-order valence-electron chi connectivity index (χ2n) is 3.57. The minimum absolute atomic E-state index is 0.167. The molecular weight excluding hydrogens is 266 g/mol. The van der Waals surface area contributed by atoms with Gasteiger partial charge in [0.05, 0.1) is 17.0 Å².